The van der Waals surface area contributed by atoms with Crippen molar-refractivity contribution in [2.75, 3.05) is 0 Å². The molecular formula is C12H10BO. The zero-order chi connectivity index (χ0) is 9.80. The van der Waals surface area contributed by atoms with Gasteiger partial charge in [-0.05, 0) is 11.1 Å². The minimum atomic E-state index is 0.824. The lowest BCUT2D eigenvalue weighted by atomic mass is 9.87. The van der Waals surface area contributed by atoms with E-state index in [-0.39, 0.29) is 0 Å². The average Bonchev–Trinajstić information content (AvgIpc) is 2.30. The first-order valence-corrected chi connectivity index (χ1v) is 4.53. The molecule has 2 aromatic rings. The molecule has 0 saturated heterocycles. The predicted octanol–water partition coefficient (Wildman–Crippen LogP) is 1.59. The second-order valence-electron chi connectivity index (χ2n) is 3.12. The fourth-order valence-corrected chi connectivity index (χ4v) is 1.39. The van der Waals surface area contributed by atoms with Gasteiger partial charge in [0.2, 0.25) is 0 Å². The van der Waals surface area contributed by atoms with Gasteiger partial charge in [-0.15, -0.1) is 0 Å². The molecule has 0 aliphatic carbocycles. The monoisotopic (exact) mass is 181 g/mol. The lowest BCUT2D eigenvalue weighted by molar-refractivity contribution is 0.615. The Morgan fingerprint density at radius 3 is 1.86 bits per heavy atom. The Hall–Kier alpha value is -1.54. The molecule has 0 saturated carbocycles. The van der Waals surface area contributed by atoms with Crippen molar-refractivity contribution in [3.8, 4) is 11.1 Å². The average molecular weight is 181 g/mol. The Morgan fingerprint density at radius 2 is 1.29 bits per heavy atom. The standard InChI is InChI=1S/C12H10BO/c14-13-12-8-6-11(7-9-12)10-4-2-1-3-5-10/h1-9,14H. The highest BCUT2D eigenvalue weighted by Gasteiger charge is 1.96. The normalized spacial score (nSPS) is 9.79. The number of rotatable bonds is 2. The zero-order valence-corrected chi connectivity index (χ0v) is 7.72. The van der Waals surface area contributed by atoms with Crippen molar-refractivity contribution in [2.24, 2.45) is 0 Å². The molecule has 0 amide bonds. The summed E-state index contributed by atoms with van der Waals surface area (Å²) in [6.07, 6.45) is 0. The van der Waals surface area contributed by atoms with Crippen LogP contribution in [-0.4, -0.2) is 12.5 Å². The van der Waals surface area contributed by atoms with Crippen LogP contribution in [0.3, 0.4) is 0 Å². The van der Waals surface area contributed by atoms with Crippen LogP contribution in [0, 0.1) is 0 Å². The van der Waals surface area contributed by atoms with E-state index in [1.165, 1.54) is 5.56 Å². The molecule has 2 aromatic carbocycles. The fraction of sp³-hybridized carbons (Fsp3) is 0. The van der Waals surface area contributed by atoms with Crippen LogP contribution in [0.5, 0.6) is 0 Å². The molecule has 1 N–H and O–H groups in total. The minimum Gasteiger partial charge on any atom is -0.450 e. The second-order valence-corrected chi connectivity index (χ2v) is 3.12. The van der Waals surface area contributed by atoms with Crippen molar-refractivity contribution >= 4 is 12.9 Å². The van der Waals surface area contributed by atoms with Gasteiger partial charge in [-0.3, -0.25) is 0 Å². The van der Waals surface area contributed by atoms with E-state index in [9.17, 15) is 0 Å². The predicted molar refractivity (Wildman–Crippen MR) is 59.5 cm³/mol. The molecule has 1 nitrogen and oxygen atoms in total. The lowest BCUT2D eigenvalue weighted by Gasteiger charge is -2.01. The van der Waals surface area contributed by atoms with Gasteiger partial charge in [-0.25, -0.2) is 0 Å². The molecule has 0 aliphatic heterocycles. The molecule has 0 spiro atoms. The van der Waals surface area contributed by atoms with Crippen molar-refractivity contribution < 1.29 is 5.02 Å². The highest BCUT2D eigenvalue weighted by molar-refractivity contribution is 6.45. The van der Waals surface area contributed by atoms with Crippen LogP contribution in [0.2, 0.25) is 0 Å². The molecule has 1 radical (unpaired) electrons. The second kappa shape index (κ2) is 4.12. The third-order valence-electron chi connectivity index (χ3n) is 2.17. The molecule has 0 aromatic heterocycles. The maximum absolute atomic E-state index is 8.77. The van der Waals surface area contributed by atoms with Crippen LogP contribution in [0.4, 0.5) is 0 Å². The highest BCUT2D eigenvalue weighted by atomic mass is 16.2. The van der Waals surface area contributed by atoms with Gasteiger partial charge >= 0.3 is 7.48 Å². The zero-order valence-electron chi connectivity index (χ0n) is 7.72. The maximum atomic E-state index is 8.77. The fourth-order valence-electron chi connectivity index (χ4n) is 1.39. The van der Waals surface area contributed by atoms with E-state index in [0.29, 0.717) is 0 Å². The molecule has 0 aliphatic rings. The van der Waals surface area contributed by atoms with E-state index in [4.69, 9.17) is 5.02 Å². The summed E-state index contributed by atoms with van der Waals surface area (Å²) in [5.74, 6) is 0. The van der Waals surface area contributed by atoms with Crippen LogP contribution in [0.1, 0.15) is 0 Å². The van der Waals surface area contributed by atoms with Gasteiger partial charge in [-0.2, -0.15) is 0 Å². The smallest absolute Gasteiger partial charge is 0.326 e. The summed E-state index contributed by atoms with van der Waals surface area (Å²) in [7, 11) is 1.11. The van der Waals surface area contributed by atoms with E-state index in [1.54, 1.807) is 0 Å². The Kier molecular flexibility index (Phi) is 2.66. The maximum Gasteiger partial charge on any atom is 0.326 e. The lowest BCUT2D eigenvalue weighted by Crippen LogP contribution is -2.11. The van der Waals surface area contributed by atoms with E-state index >= 15 is 0 Å². The van der Waals surface area contributed by atoms with Crippen LogP contribution in [0.25, 0.3) is 11.1 Å². The number of hydrogen-bond donors (Lipinski definition) is 1. The summed E-state index contributed by atoms with van der Waals surface area (Å²) in [4.78, 5) is 0. The highest BCUT2D eigenvalue weighted by Crippen LogP contribution is 2.16. The first kappa shape index (κ1) is 9.04. The van der Waals surface area contributed by atoms with Gasteiger partial charge in [0.1, 0.15) is 0 Å². The van der Waals surface area contributed by atoms with Gasteiger partial charge in [0, 0.05) is 0 Å². The number of benzene rings is 2. The summed E-state index contributed by atoms with van der Waals surface area (Å²) in [5, 5.41) is 8.77. The Bertz CT molecular complexity index is 394. The molecule has 0 unspecified atom stereocenters. The van der Waals surface area contributed by atoms with Crippen LogP contribution >= 0.6 is 0 Å². The van der Waals surface area contributed by atoms with Crippen molar-refractivity contribution in [2.45, 2.75) is 0 Å². The van der Waals surface area contributed by atoms with E-state index in [0.717, 1.165) is 18.5 Å². The topological polar surface area (TPSA) is 20.2 Å². The largest absolute Gasteiger partial charge is 0.450 e. The van der Waals surface area contributed by atoms with Crippen molar-refractivity contribution in [3.05, 3.63) is 54.6 Å². The Labute approximate surface area is 84.3 Å². The van der Waals surface area contributed by atoms with E-state index < -0.39 is 0 Å². The third-order valence-corrected chi connectivity index (χ3v) is 2.17. The molecule has 0 atom stereocenters. The summed E-state index contributed by atoms with van der Waals surface area (Å²) < 4.78 is 0. The quantitative estimate of drug-likeness (QED) is 0.697. The van der Waals surface area contributed by atoms with Gasteiger partial charge in [0.25, 0.3) is 0 Å². The molecule has 2 heteroatoms. The SMILES string of the molecule is O[B]c1ccc(-c2ccccc2)cc1. The summed E-state index contributed by atoms with van der Waals surface area (Å²) in [6.45, 7) is 0. The van der Waals surface area contributed by atoms with Crippen LogP contribution in [0.15, 0.2) is 54.6 Å². The van der Waals surface area contributed by atoms with Crippen molar-refractivity contribution in [3.63, 3.8) is 0 Å². The van der Waals surface area contributed by atoms with Gasteiger partial charge in [-0.1, -0.05) is 60.1 Å². The summed E-state index contributed by atoms with van der Waals surface area (Å²) >= 11 is 0. The van der Waals surface area contributed by atoms with E-state index in [2.05, 4.69) is 12.1 Å². The third kappa shape index (κ3) is 1.86. The van der Waals surface area contributed by atoms with Gasteiger partial charge in [0.05, 0.1) is 0 Å². The van der Waals surface area contributed by atoms with E-state index in [1.807, 2.05) is 42.5 Å². The summed E-state index contributed by atoms with van der Waals surface area (Å²) in [5.41, 5.74) is 3.18. The Balaban J connectivity index is 2.34. The number of hydrogen-bond acceptors (Lipinski definition) is 1. The molecule has 0 bridgehead atoms. The Morgan fingerprint density at radius 1 is 0.714 bits per heavy atom. The molecule has 67 valence electrons. The van der Waals surface area contributed by atoms with Crippen molar-refractivity contribution in [1.82, 2.24) is 0 Å². The van der Waals surface area contributed by atoms with Crippen LogP contribution < -0.4 is 5.46 Å². The van der Waals surface area contributed by atoms with Crippen LogP contribution in [-0.2, 0) is 0 Å². The molecule has 2 rings (SSSR count). The van der Waals surface area contributed by atoms with Gasteiger partial charge < -0.3 is 5.02 Å². The minimum absolute atomic E-state index is 0.824. The van der Waals surface area contributed by atoms with Gasteiger partial charge in [0.15, 0.2) is 0 Å². The first-order valence-electron chi connectivity index (χ1n) is 4.53. The molecule has 0 heterocycles. The molecule has 14 heavy (non-hydrogen) atoms. The first-order chi connectivity index (χ1) is 6.90. The summed E-state index contributed by atoms with van der Waals surface area (Å²) in [6, 6.07) is 17.9. The molecular weight excluding hydrogens is 171 g/mol. The molecule has 0 fully saturated rings. The van der Waals surface area contributed by atoms with Crippen molar-refractivity contribution in [1.29, 1.82) is 0 Å².